The van der Waals surface area contributed by atoms with E-state index in [2.05, 4.69) is 27.7 Å². The summed E-state index contributed by atoms with van der Waals surface area (Å²) in [6.45, 7) is 3.97. The molecule has 0 saturated carbocycles. The maximum atomic E-state index is 12.1. The predicted octanol–water partition coefficient (Wildman–Crippen LogP) is 3.61. The van der Waals surface area contributed by atoms with Gasteiger partial charge in [-0.2, -0.15) is 11.8 Å². The Hall–Kier alpha value is -2.18. The van der Waals surface area contributed by atoms with Crippen LogP contribution in [-0.2, 0) is 13.0 Å². The van der Waals surface area contributed by atoms with E-state index in [1.807, 2.05) is 48.2 Å². The molecule has 0 radical (unpaired) electrons. The number of carbonyl (C=O) groups excluding carboxylic acids is 1. The van der Waals surface area contributed by atoms with Crippen molar-refractivity contribution in [3.8, 4) is 5.75 Å². The SMILES string of the molecule is COc1ccc(CNC(=O)Nc2ccc(CCN3CCSCC3)cc2)cc1. The standard InChI is InChI=1S/C21H27N3O2S/c1-26-20-8-4-18(5-9-20)16-22-21(25)23-19-6-2-17(3-7-19)10-11-24-12-14-27-15-13-24/h2-9H,10-16H2,1H3,(H2,22,23,25). The Morgan fingerprint density at radius 2 is 1.70 bits per heavy atom. The minimum Gasteiger partial charge on any atom is -0.497 e. The number of rotatable bonds is 7. The van der Waals surface area contributed by atoms with Crippen LogP contribution in [0.5, 0.6) is 5.75 Å². The van der Waals surface area contributed by atoms with Crippen LogP contribution in [0.4, 0.5) is 10.5 Å². The molecule has 6 heteroatoms. The number of methoxy groups -OCH3 is 1. The van der Waals surface area contributed by atoms with Gasteiger partial charge in [0.15, 0.2) is 0 Å². The molecule has 0 spiro atoms. The first-order chi connectivity index (χ1) is 13.2. The van der Waals surface area contributed by atoms with Crippen LogP contribution in [0.3, 0.4) is 0 Å². The highest BCUT2D eigenvalue weighted by Crippen LogP contribution is 2.14. The highest BCUT2D eigenvalue weighted by Gasteiger charge is 2.10. The van der Waals surface area contributed by atoms with Crippen molar-refractivity contribution in [2.45, 2.75) is 13.0 Å². The van der Waals surface area contributed by atoms with Crippen molar-refractivity contribution in [2.24, 2.45) is 0 Å². The van der Waals surface area contributed by atoms with Gasteiger partial charge in [0.25, 0.3) is 0 Å². The van der Waals surface area contributed by atoms with Gasteiger partial charge in [-0.15, -0.1) is 0 Å². The quantitative estimate of drug-likeness (QED) is 0.765. The molecule has 0 atom stereocenters. The zero-order valence-electron chi connectivity index (χ0n) is 15.7. The molecular formula is C21H27N3O2S. The summed E-state index contributed by atoms with van der Waals surface area (Å²) in [4.78, 5) is 14.6. The smallest absolute Gasteiger partial charge is 0.319 e. The maximum absolute atomic E-state index is 12.1. The largest absolute Gasteiger partial charge is 0.497 e. The third kappa shape index (κ3) is 6.48. The Bertz CT molecular complexity index is 713. The zero-order chi connectivity index (χ0) is 18.9. The number of ether oxygens (including phenoxy) is 1. The number of amides is 2. The highest BCUT2D eigenvalue weighted by molar-refractivity contribution is 7.99. The van der Waals surface area contributed by atoms with Crippen LogP contribution in [0.15, 0.2) is 48.5 Å². The van der Waals surface area contributed by atoms with Crippen LogP contribution < -0.4 is 15.4 Å². The lowest BCUT2D eigenvalue weighted by Gasteiger charge is -2.26. The average molecular weight is 386 g/mol. The molecule has 1 heterocycles. The molecular weight excluding hydrogens is 358 g/mol. The van der Waals surface area contributed by atoms with Crippen LogP contribution in [0.1, 0.15) is 11.1 Å². The Kier molecular flexibility index (Phi) is 7.42. The average Bonchev–Trinajstić information content (AvgIpc) is 2.73. The molecule has 2 aromatic carbocycles. The minimum atomic E-state index is -0.204. The molecule has 5 nitrogen and oxygen atoms in total. The number of thioether (sulfide) groups is 1. The summed E-state index contributed by atoms with van der Waals surface area (Å²) in [6, 6.07) is 15.6. The fourth-order valence-electron chi connectivity index (χ4n) is 2.97. The minimum absolute atomic E-state index is 0.204. The Morgan fingerprint density at radius 1 is 1.04 bits per heavy atom. The van der Waals surface area contributed by atoms with E-state index in [9.17, 15) is 4.79 Å². The van der Waals surface area contributed by atoms with Crippen LogP contribution >= 0.6 is 11.8 Å². The molecule has 0 bridgehead atoms. The molecule has 2 amide bonds. The Morgan fingerprint density at radius 3 is 2.37 bits per heavy atom. The summed E-state index contributed by atoms with van der Waals surface area (Å²) >= 11 is 2.04. The number of hydrogen-bond acceptors (Lipinski definition) is 4. The Labute approximate surface area is 165 Å². The van der Waals surface area contributed by atoms with E-state index in [1.165, 1.54) is 30.2 Å². The summed E-state index contributed by atoms with van der Waals surface area (Å²) in [5.41, 5.74) is 3.13. The lowest BCUT2D eigenvalue weighted by atomic mass is 10.1. The summed E-state index contributed by atoms with van der Waals surface area (Å²) in [6.07, 6.45) is 1.05. The second-order valence-electron chi connectivity index (χ2n) is 6.56. The van der Waals surface area contributed by atoms with Crippen LogP contribution in [0.2, 0.25) is 0 Å². The number of nitrogens with zero attached hydrogens (tertiary/aromatic N) is 1. The summed E-state index contributed by atoms with van der Waals surface area (Å²) in [5, 5.41) is 5.75. The number of hydrogen-bond donors (Lipinski definition) is 2. The van der Waals surface area contributed by atoms with Crippen LogP contribution in [0.25, 0.3) is 0 Å². The van der Waals surface area contributed by atoms with Gasteiger partial charge >= 0.3 is 6.03 Å². The van der Waals surface area contributed by atoms with Crippen molar-refractivity contribution < 1.29 is 9.53 Å². The topological polar surface area (TPSA) is 53.6 Å². The first-order valence-electron chi connectivity index (χ1n) is 9.30. The molecule has 144 valence electrons. The second-order valence-corrected chi connectivity index (χ2v) is 7.78. The van der Waals surface area contributed by atoms with Gasteiger partial charge in [0.2, 0.25) is 0 Å². The fraction of sp³-hybridized carbons (Fsp3) is 0.381. The third-order valence-corrected chi connectivity index (χ3v) is 5.59. The van der Waals surface area contributed by atoms with Crippen LogP contribution in [-0.4, -0.2) is 49.2 Å². The van der Waals surface area contributed by atoms with Crippen molar-refractivity contribution in [3.05, 3.63) is 59.7 Å². The highest BCUT2D eigenvalue weighted by atomic mass is 32.2. The molecule has 0 unspecified atom stereocenters. The van der Waals surface area contributed by atoms with Crippen molar-refractivity contribution in [1.82, 2.24) is 10.2 Å². The number of urea groups is 1. The molecule has 2 aromatic rings. The second kappa shape index (κ2) is 10.2. The van der Waals surface area contributed by atoms with E-state index >= 15 is 0 Å². The molecule has 0 aliphatic carbocycles. The third-order valence-electron chi connectivity index (χ3n) is 4.64. The van der Waals surface area contributed by atoms with Crippen LogP contribution in [0, 0.1) is 0 Å². The lowest BCUT2D eigenvalue weighted by molar-refractivity contribution is 0.251. The summed E-state index contributed by atoms with van der Waals surface area (Å²) < 4.78 is 5.13. The lowest BCUT2D eigenvalue weighted by Crippen LogP contribution is -2.34. The summed E-state index contributed by atoms with van der Waals surface area (Å²) in [5.74, 6) is 3.30. The van der Waals surface area contributed by atoms with Gasteiger partial charge in [-0.3, -0.25) is 0 Å². The van der Waals surface area contributed by atoms with E-state index in [-0.39, 0.29) is 6.03 Å². The molecule has 0 aromatic heterocycles. The van der Waals surface area contributed by atoms with E-state index < -0.39 is 0 Å². The van der Waals surface area contributed by atoms with Gasteiger partial charge in [0.05, 0.1) is 7.11 Å². The predicted molar refractivity (Wildman–Crippen MR) is 113 cm³/mol. The van der Waals surface area contributed by atoms with Gasteiger partial charge in [-0.1, -0.05) is 24.3 Å². The van der Waals surface area contributed by atoms with E-state index in [0.717, 1.165) is 30.0 Å². The molecule has 1 fully saturated rings. The maximum Gasteiger partial charge on any atom is 0.319 e. The van der Waals surface area contributed by atoms with Gasteiger partial charge in [-0.05, 0) is 41.8 Å². The molecule has 1 aliphatic rings. The van der Waals surface area contributed by atoms with Gasteiger partial charge in [0, 0.05) is 43.4 Å². The zero-order valence-corrected chi connectivity index (χ0v) is 16.6. The van der Waals surface area contributed by atoms with Crippen molar-refractivity contribution >= 4 is 23.5 Å². The first kappa shape index (κ1) is 19.6. The molecule has 2 N–H and O–H groups in total. The fourth-order valence-corrected chi connectivity index (χ4v) is 3.95. The van der Waals surface area contributed by atoms with Gasteiger partial charge < -0.3 is 20.3 Å². The van der Waals surface area contributed by atoms with E-state index in [4.69, 9.17) is 4.74 Å². The molecule has 1 saturated heterocycles. The molecule has 3 rings (SSSR count). The van der Waals surface area contributed by atoms with Gasteiger partial charge in [0.1, 0.15) is 5.75 Å². The number of carbonyl (C=O) groups is 1. The van der Waals surface area contributed by atoms with Crippen molar-refractivity contribution in [1.29, 1.82) is 0 Å². The molecule has 1 aliphatic heterocycles. The Balaban J connectivity index is 1.40. The van der Waals surface area contributed by atoms with Crippen molar-refractivity contribution in [3.63, 3.8) is 0 Å². The van der Waals surface area contributed by atoms with E-state index in [0.29, 0.717) is 6.54 Å². The number of nitrogens with one attached hydrogen (secondary N) is 2. The van der Waals surface area contributed by atoms with Crippen molar-refractivity contribution in [2.75, 3.05) is 43.6 Å². The number of anilines is 1. The molecule has 27 heavy (non-hydrogen) atoms. The normalized spacial score (nSPS) is 14.6. The monoisotopic (exact) mass is 385 g/mol. The van der Waals surface area contributed by atoms with E-state index in [1.54, 1.807) is 7.11 Å². The summed E-state index contributed by atoms with van der Waals surface area (Å²) in [7, 11) is 1.64. The van der Waals surface area contributed by atoms with Gasteiger partial charge in [-0.25, -0.2) is 4.79 Å². The number of benzene rings is 2. The first-order valence-corrected chi connectivity index (χ1v) is 10.5.